The Labute approximate surface area is 102 Å². The second-order valence-corrected chi connectivity index (χ2v) is 5.34. The highest BCUT2D eigenvalue weighted by Crippen LogP contribution is 2.05. The predicted molar refractivity (Wildman–Crippen MR) is 70.4 cm³/mol. The molecule has 0 fully saturated rings. The summed E-state index contributed by atoms with van der Waals surface area (Å²) in [5.41, 5.74) is 0. The molecule has 0 aromatic heterocycles. The SMILES string of the molecule is C=CCCCCCC[SiH2]OCC(OC)OC. The second-order valence-electron chi connectivity index (χ2n) is 3.82. The largest absolute Gasteiger partial charge is 0.419 e. The molecule has 0 aromatic carbocycles. The van der Waals surface area contributed by atoms with Crippen LogP contribution in [0.3, 0.4) is 0 Å². The van der Waals surface area contributed by atoms with Crippen molar-refractivity contribution in [3.05, 3.63) is 12.7 Å². The Hall–Kier alpha value is -0.163. The van der Waals surface area contributed by atoms with Gasteiger partial charge in [-0.3, -0.25) is 0 Å². The van der Waals surface area contributed by atoms with E-state index in [0.717, 1.165) is 6.42 Å². The van der Waals surface area contributed by atoms with Crippen LogP contribution in [0, 0.1) is 0 Å². The molecule has 0 heterocycles. The maximum Gasteiger partial charge on any atom is 0.178 e. The number of methoxy groups -OCH3 is 2. The van der Waals surface area contributed by atoms with E-state index in [1.807, 2.05) is 6.08 Å². The van der Waals surface area contributed by atoms with Gasteiger partial charge in [0.2, 0.25) is 0 Å². The molecule has 0 aliphatic heterocycles. The summed E-state index contributed by atoms with van der Waals surface area (Å²) in [6.07, 6.45) is 8.17. The number of unbranched alkanes of at least 4 members (excludes halogenated alkanes) is 4. The molecule has 0 saturated carbocycles. The minimum Gasteiger partial charge on any atom is -0.419 e. The van der Waals surface area contributed by atoms with Crippen molar-refractivity contribution >= 4 is 9.76 Å². The van der Waals surface area contributed by atoms with E-state index in [1.54, 1.807) is 14.2 Å². The van der Waals surface area contributed by atoms with E-state index in [4.69, 9.17) is 13.9 Å². The van der Waals surface area contributed by atoms with E-state index in [-0.39, 0.29) is 16.1 Å². The molecule has 96 valence electrons. The van der Waals surface area contributed by atoms with Gasteiger partial charge in [0.05, 0.1) is 6.61 Å². The third-order valence-corrected chi connectivity index (χ3v) is 3.79. The topological polar surface area (TPSA) is 27.7 Å². The maximum atomic E-state index is 5.58. The Bertz CT molecular complexity index is 149. The van der Waals surface area contributed by atoms with Crippen molar-refractivity contribution in [3.63, 3.8) is 0 Å². The third kappa shape index (κ3) is 10.4. The van der Waals surface area contributed by atoms with Crippen LogP contribution in [-0.2, 0) is 13.9 Å². The molecule has 4 heteroatoms. The van der Waals surface area contributed by atoms with E-state index >= 15 is 0 Å². The van der Waals surface area contributed by atoms with Crippen molar-refractivity contribution < 1.29 is 13.9 Å². The fourth-order valence-corrected chi connectivity index (χ4v) is 2.56. The van der Waals surface area contributed by atoms with E-state index in [1.165, 1.54) is 31.7 Å². The molecular formula is C12H26O3Si. The van der Waals surface area contributed by atoms with Gasteiger partial charge >= 0.3 is 0 Å². The summed E-state index contributed by atoms with van der Waals surface area (Å²) in [7, 11) is 2.91. The monoisotopic (exact) mass is 246 g/mol. The Morgan fingerprint density at radius 1 is 1.12 bits per heavy atom. The zero-order chi connectivity index (χ0) is 12.1. The van der Waals surface area contributed by atoms with Crippen LogP contribution in [-0.4, -0.2) is 36.9 Å². The van der Waals surface area contributed by atoms with Gasteiger partial charge in [-0.05, 0) is 18.9 Å². The van der Waals surface area contributed by atoms with Crippen LogP contribution in [0.1, 0.15) is 32.1 Å². The number of rotatable bonds is 12. The maximum absolute atomic E-state index is 5.58. The fraction of sp³-hybridized carbons (Fsp3) is 0.833. The Morgan fingerprint density at radius 2 is 1.81 bits per heavy atom. The van der Waals surface area contributed by atoms with Gasteiger partial charge in [0, 0.05) is 14.2 Å². The molecule has 0 aliphatic rings. The molecule has 0 amide bonds. The molecule has 0 atom stereocenters. The lowest BCUT2D eigenvalue weighted by Crippen LogP contribution is -2.21. The molecule has 0 bridgehead atoms. The van der Waals surface area contributed by atoms with Gasteiger partial charge in [-0.25, -0.2) is 0 Å². The van der Waals surface area contributed by atoms with Crippen LogP contribution >= 0.6 is 0 Å². The lowest BCUT2D eigenvalue weighted by molar-refractivity contribution is -0.121. The highest BCUT2D eigenvalue weighted by molar-refractivity contribution is 6.26. The van der Waals surface area contributed by atoms with Gasteiger partial charge in [0.25, 0.3) is 0 Å². The third-order valence-electron chi connectivity index (χ3n) is 2.48. The van der Waals surface area contributed by atoms with E-state index in [0.29, 0.717) is 6.61 Å². The summed E-state index contributed by atoms with van der Waals surface area (Å²) in [5.74, 6) is 0. The summed E-state index contributed by atoms with van der Waals surface area (Å²) >= 11 is 0. The number of allylic oxidation sites excluding steroid dienone is 1. The molecule has 0 saturated heterocycles. The number of hydrogen-bond acceptors (Lipinski definition) is 3. The van der Waals surface area contributed by atoms with Crippen LogP contribution in [0.4, 0.5) is 0 Å². The van der Waals surface area contributed by atoms with Crippen LogP contribution in [0.25, 0.3) is 0 Å². The van der Waals surface area contributed by atoms with Crippen molar-refractivity contribution in [3.8, 4) is 0 Å². The van der Waals surface area contributed by atoms with Crippen LogP contribution in [0.5, 0.6) is 0 Å². The Morgan fingerprint density at radius 3 is 2.44 bits per heavy atom. The van der Waals surface area contributed by atoms with Crippen molar-refractivity contribution in [1.29, 1.82) is 0 Å². The standard InChI is InChI=1S/C12H26O3Si/c1-4-5-6-7-8-9-10-16-15-11-12(13-2)14-3/h4,12H,1,5-11,16H2,2-3H3. The molecule has 3 nitrogen and oxygen atoms in total. The minimum absolute atomic E-state index is 0.194. The Balaban J connectivity index is 3.06. The highest BCUT2D eigenvalue weighted by atomic mass is 28.2. The minimum atomic E-state index is -0.370. The van der Waals surface area contributed by atoms with Gasteiger partial charge in [0.1, 0.15) is 0 Å². The zero-order valence-corrected chi connectivity index (χ0v) is 12.2. The molecular weight excluding hydrogens is 220 g/mol. The summed E-state index contributed by atoms with van der Waals surface area (Å²) in [5, 5.41) is 0. The zero-order valence-electron chi connectivity index (χ0n) is 10.7. The second kappa shape index (κ2) is 12.9. The lowest BCUT2D eigenvalue weighted by atomic mass is 10.1. The molecule has 0 aromatic rings. The van der Waals surface area contributed by atoms with Crippen molar-refractivity contribution in [2.24, 2.45) is 0 Å². The molecule has 0 N–H and O–H groups in total. The number of ether oxygens (including phenoxy) is 2. The predicted octanol–water partition coefficient (Wildman–Crippen LogP) is 2.26. The molecule has 0 unspecified atom stereocenters. The molecule has 0 rings (SSSR count). The van der Waals surface area contributed by atoms with Gasteiger partial charge in [0.15, 0.2) is 16.1 Å². The lowest BCUT2D eigenvalue weighted by Gasteiger charge is -2.13. The summed E-state index contributed by atoms with van der Waals surface area (Å²) < 4.78 is 15.7. The smallest absolute Gasteiger partial charge is 0.178 e. The molecule has 16 heavy (non-hydrogen) atoms. The van der Waals surface area contributed by atoms with Gasteiger partial charge in [-0.1, -0.05) is 25.3 Å². The first-order chi connectivity index (χ1) is 7.85. The average Bonchev–Trinajstić information content (AvgIpc) is 2.32. The fourth-order valence-electron chi connectivity index (χ4n) is 1.43. The van der Waals surface area contributed by atoms with E-state index in [9.17, 15) is 0 Å². The quantitative estimate of drug-likeness (QED) is 0.229. The summed E-state index contributed by atoms with van der Waals surface area (Å²) in [6.45, 7) is 4.29. The van der Waals surface area contributed by atoms with Crippen LogP contribution in [0.2, 0.25) is 6.04 Å². The first kappa shape index (κ1) is 15.8. The van der Waals surface area contributed by atoms with Gasteiger partial charge in [-0.15, -0.1) is 6.58 Å². The number of hydrogen-bond donors (Lipinski definition) is 0. The van der Waals surface area contributed by atoms with Crippen molar-refractivity contribution in [2.75, 3.05) is 20.8 Å². The van der Waals surface area contributed by atoms with Gasteiger partial charge < -0.3 is 13.9 Å². The molecule has 0 spiro atoms. The molecule has 0 aliphatic carbocycles. The van der Waals surface area contributed by atoms with E-state index < -0.39 is 0 Å². The first-order valence-corrected chi connectivity index (χ1v) is 7.67. The van der Waals surface area contributed by atoms with Crippen molar-refractivity contribution in [1.82, 2.24) is 0 Å². The van der Waals surface area contributed by atoms with E-state index in [2.05, 4.69) is 6.58 Å². The van der Waals surface area contributed by atoms with Crippen molar-refractivity contribution in [2.45, 2.75) is 44.4 Å². The normalized spacial score (nSPS) is 11.7. The molecule has 0 radical (unpaired) electrons. The van der Waals surface area contributed by atoms with Crippen LogP contribution < -0.4 is 0 Å². The summed E-state index contributed by atoms with van der Waals surface area (Å²) in [6, 6.07) is 1.26. The first-order valence-electron chi connectivity index (χ1n) is 6.09. The summed E-state index contributed by atoms with van der Waals surface area (Å²) in [4.78, 5) is 0. The highest BCUT2D eigenvalue weighted by Gasteiger charge is 2.03. The average molecular weight is 246 g/mol. The van der Waals surface area contributed by atoms with Crippen LogP contribution in [0.15, 0.2) is 12.7 Å². The Kier molecular flexibility index (Phi) is 12.8. The van der Waals surface area contributed by atoms with Gasteiger partial charge in [-0.2, -0.15) is 0 Å².